The Balaban J connectivity index is 1.43. The molecule has 0 spiro atoms. The van der Waals surface area contributed by atoms with Crippen LogP contribution in [0.5, 0.6) is 0 Å². The number of H-pyrrole nitrogens is 1. The van der Waals surface area contributed by atoms with Crippen LogP contribution < -0.4 is 0 Å². The number of aromatic amines is 1. The molecule has 0 radical (unpaired) electrons. The minimum absolute atomic E-state index is 0.116. The van der Waals surface area contributed by atoms with Gasteiger partial charge in [0.2, 0.25) is 5.89 Å². The van der Waals surface area contributed by atoms with E-state index in [0.29, 0.717) is 12.5 Å². The second kappa shape index (κ2) is 5.19. The first-order valence-corrected chi connectivity index (χ1v) is 7.27. The van der Waals surface area contributed by atoms with Crippen LogP contribution >= 0.6 is 0 Å². The molecular weight excluding hydrogens is 272 g/mol. The summed E-state index contributed by atoms with van der Waals surface area (Å²) in [5.41, 5.74) is 0.941. The summed E-state index contributed by atoms with van der Waals surface area (Å²) in [6, 6.07) is 0. The lowest BCUT2D eigenvalue weighted by atomic mass is 10.0. The Bertz CT molecular complexity index is 594. The minimum Gasteiger partial charge on any atom is -0.379 e. The van der Waals surface area contributed by atoms with Crippen LogP contribution in [0.3, 0.4) is 0 Å². The molecule has 0 amide bonds. The zero-order valence-electron chi connectivity index (χ0n) is 11.9. The minimum atomic E-state index is 0.116. The number of hydrogen-bond acceptors (Lipinski definition) is 7. The zero-order valence-corrected chi connectivity index (χ0v) is 11.9. The highest BCUT2D eigenvalue weighted by molar-refractivity contribution is 5.10. The molecule has 0 aromatic carbocycles. The first-order valence-electron chi connectivity index (χ1n) is 7.27. The topological polar surface area (TPSA) is 93.0 Å². The molecule has 0 unspecified atom stereocenters. The third-order valence-electron chi connectivity index (χ3n) is 4.23. The number of nitrogens with one attached hydrogen (secondary N) is 1. The second-order valence-corrected chi connectivity index (χ2v) is 5.79. The highest BCUT2D eigenvalue weighted by Gasteiger charge is 2.36. The Hall–Kier alpha value is -1.80. The summed E-state index contributed by atoms with van der Waals surface area (Å²) in [6.45, 7) is 2.38. The summed E-state index contributed by atoms with van der Waals surface area (Å²) < 4.78 is 10.9. The lowest BCUT2D eigenvalue weighted by Gasteiger charge is -2.13. The van der Waals surface area contributed by atoms with Crippen molar-refractivity contribution in [2.75, 3.05) is 20.2 Å². The molecule has 2 aliphatic rings. The highest BCUT2D eigenvalue weighted by atomic mass is 16.5. The van der Waals surface area contributed by atoms with Gasteiger partial charge in [0.25, 0.3) is 0 Å². The molecule has 112 valence electrons. The lowest BCUT2D eigenvalue weighted by molar-refractivity contribution is 0.0954. The molecule has 8 heteroatoms. The predicted molar refractivity (Wildman–Crippen MR) is 71.5 cm³/mol. The van der Waals surface area contributed by atoms with Crippen LogP contribution in [-0.4, -0.2) is 56.8 Å². The van der Waals surface area contributed by atoms with E-state index in [1.165, 1.54) is 12.8 Å². The van der Waals surface area contributed by atoms with Crippen LogP contribution in [0.4, 0.5) is 0 Å². The fourth-order valence-electron chi connectivity index (χ4n) is 2.92. The van der Waals surface area contributed by atoms with Crippen molar-refractivity contribution < 1.29 is 9.26 Å². The molecule has 2 fully saturated rings. The van der Waals surface area contributed by atoms with Crippen molar-refractivity contribution in [2.24, 2.45) is 0 Å². The Labute approximate surface area is 121 Å². The third kappa shape index (κ3) is 2.56. The summed E-state index contributed by atoms with van der Waals surface area (Å²) in [6.07, 6.45) is 4.22. The lowest BCUT2D eigenvalue weighted by Crippen LogP contribution is -2.23. The maximum absolute atomic E-state index is 5.58. The first kappa shape index (κ1) is 12.9. The number of ether oxygens (including phenoxy) is 1. The van der Waals surface area contributed by atoms with E-state index in [2.05, 4.69) is 30.5 Å². The number of aromatic nitrogens is 5. The van der Waals surface area contributed by atoms with Crippen LogP contribution in [0.15, 0.2) is 10.7 Å². The monoisotopic (exact) mass is 290 g/mol. The fourth-order valence-corrected chi connectivity index (χ4v) is 2.92. The van der Waals surface area contributed by atoms with Gasteiger partial charge in [0.1, 0.15) is 0 Å². The maximum Gasteiger partial charge on any atom is 0.229 e. The molecule has 1 aliphatic heterocycles. The van der Waals surface area contributed by atoms with Crippen LogP contribution in [0.1, 0.15) is 42.1 Å². The van der Waals surface area contributed by atoms with Crippen molar-refractivity contribution in [3.05, 3.63) is 23.6 Å². The molecular formula is C13H18N6O2. The number of methoxy groups -OCH3 is 1. The van der Waals surface area contributed by atoms with Gasteiger partial charge in [-0.2, -0.15) is 20.4 Å². The van der Waals surface area contributed by atoms with Gasteiger partial charge in [-0.15, -0.1) is 0 Å². The van der Waals surface area contributed by atoms with E-state index in [0.717, 1.165) is 30.5 Å². The van der Waals surface area contributed by atoms with Crippen LogP contribution in [-0.2, 0) is 11.3 Å². The number of hydrogen-bond donors (Lipinski definition) is 1. The van der Waals surface area contributed by atoms with Crippen molar-refractivity contribution in [3.63, 3.8) is 0 Å². The third-order valence-corrected chi connectivity index (χ3v) is 4.23. The highest BCUT2D eigenvalue weighted by Crippen LogP contribution is 2.39. The molecule has 1 N–H and O–H groups in total. The van der Waals surface area contributed by atoms with Crippen molar-refractivity contribution in [2.45, 2.75) is 37.3 Å². The van der Waals surface area contributed by atoms with Gasteiger partial charge in [0, 0.05) is 32.0 Å². The van der Waals surface area contributed by atoms with Gasteiger partial charge in [0.15, 0.2) is 5.82 Å². The van der Waals surface area contributed by atoms with Crippen LogP contribution in [0.2, 0.25) is 0 Å². The zero-order chi connectivity index (χ0) is 14.2. The van der Waals surface area contributed by atoms with Gasteiger partial charge in [-0.3, -0.25) is 4.90 Å². The normalized spacial score (nSPS) is 26.5. The van der Waals surface area contributed by atoms with Gasteiger partial charge in [-0.1, -0.05) is 5.16 Å². The van der Waals surface area contributed by atoms with Gasteiger partial charge in [-0.25, -0.2) is 0 Å². The Morgan fingerprint density at radius 1 is 1.43 bits per heavy atom. The quantitative estimate of drug-likeness (QED) is 0.865. The fraction of sp³-hybridized carbons (Fsp3) is 0.692. The van der Waals surface area contributed by atoms with Crippen molar-refractivity contribution in [3.8, 4) is 0 Å². The molecule has 2 aromatic heterocycles. The SMILES string of the molecule is CO[C@@H]1CN(Cc2noc(C3CC3)n2)C[C@H]1c1cn[nH]n1. The molecule has 0 bridgehead atoms. The van der Waals surface area contributed by atoms with Crippen LogP contribution in [0.25, 0.3) is 0 Å². The van der Waals surface area contributed by atoms with Gasteiger partial charge >= 0.3 is 0 Å². The summed E-state index contributed by atoms with van der Waals surface area (Å²) in [5, 5.41) is 14.8. The van der Waals surface area contributed by atoms with Crippen molar-refractivity contribution in [1.82, 2.24) is 30.5 Å². The molecule has 1 aliphatic carbocycles. The smallest absolute Gasteiger partial charge is 0.229 e. The van der Waals surface area contributed by atoms with Gasteiger partial charge < -0.3 is 9.26 Å². The Morgan fingerprint density at radius 2 is 2.33 bits per heavy atom. The molecule has 21 heavy (non-hydrogen) atoms. The largest absolute Gasteiger partial charge is 0.379 e. The number of rotatable bonds is 5. The Morgan fingerprint density at radius 3 is 3.05 bits per heavy atom. The molecule has 3 heterocycles. The number of nitrogens with zero attached hydrogens (tertiary/aromatic N) is 5. The number of likely N-dealkylation sites (tertiary alicyclic amines) is 1. The molecule has 2 aromatic rings. The van der Waals surface area contributed by atoms with Crippen LogP contribution in [0, 0.1) is 0 Å². The Kier molecular flexibility index (Phi) is 3.19. The molecule has 8 nitrogen and oxygen atoms in total. The maximum atomic E-state index is 5.58. The average molecular weight is 290 g/mol. The van der Waals surface area contributed by atoms with Gasteiger partial charge in [-0.05, 0) is 12.8 Å². The van der Waals surface area contributed by atoms with E-state index in [1.54, 1.807) is 13.3 Å². The van der Waals surface area contributed by atoms with Crippen molar-refractivity contribution >= 4 is 0 Å². The molecule has 2 atom stereocenters. The summed E-state index contributed by atoms with van der Waals surface area (Å²) in [4.78, 5) is 6.75. The first-order chi connectivity index (χ1) is 10.3. The van der Waals surface area contributed by atoms with E-state index >= 15 is 0 Å². The molecule has 4 rings (SSSR count). The second-order valence-electron chi connectivity index (χ2n) is 5.79. The van der Waals surface area contributed by atoms with Gasteiger partial charge in [0.05, 0.1) is 24.5 Å². The van der Waals surface area contributed by atoms with E-state index < -0.39 is 0 Å². The summed E-state index contributed by atoms with van der Waals surface area (Å²) >= 11 is 0. The summed E-state index contributed by atoms with van der Waals surface area (Å²) in [5.74, 6) is 2.27. The van der Waals surface area contributed by atoms with Crippen molar-refractivity contribution in [1.29, 1.82) is 0 Å². The van der Waals surface area contributed by atoms with E-state index in [9.17, 15) is 0 Å². The average Bonchev–Trinajstić information content (AvgIpc) is 2.95. The molecule has 1 saturated heterocycles. The molecule has 1 saturated carbocycles. The van der Waals surface area contributed by atoms with E-state index in [1.807, 2.05) is 0 Å². The van der Waals surface area contributed by atoms with E-state index in [-0.39, 0.29) is 12.0 Å². The van der Waals surface area contributed by atoms with E-state index in [4.69, 9.17) is 9.26 Å². The predicted octanol–water partition coefficient (Wildman–Crippen LogP) is 0.679. The summed E-state index contributed by atoms with van der Waals surface area (Å²) in [7, 11) is 1.74. The standard InChI is InChI=1S/C13H18N6O2/c1-20-11-6-19(5-9(11)10-4-14-18-16-10)7-12-15-13(21-17-12)8-2-3-8/h4,8-9,11H,2-3,5-7H2,1H3,(H,14,16,18)/t9-,11+/m0/s1.